The molecule has 4 rings (SSSR count). The third-order valence-corrected chi connectivity index (χ3v) is 9.23. The van der Waals surface area contributed by atoms with Gasteiger partial charge in [-0.25, -0.2) is 0 Å². The minimum absolute atomic E-state index is 0.354. The quantitative estimate of drug-likeness (QED) is 0.280. The summed E-state index contributed by atoms with van der Waals surface area (Å²) < 4.78 is 0. The van der Waals surface area contributed by atoms with Crippen LogP contribution >= 0.6 is 0 Å². The summed E-state index contributed by atoms with van der Waals surface area (Å²) in [7, 11) is 0. The first-order valence-electron chi connectivity index (χ1n) is 18.2. The molecule has 0 N–H and O–H groups in total. The van der Waals surface area contributed by atoms with Gasteiger partial charge in [-0.2, -0.15) is 0 Å². The summed E-state index contributed by atoms with van der Waals surface area (Å²) in [4.78, 5) is 20.7. The maximum atomic E-state index is 11.8. The zero-order valence-corrected chi connectivity index (χ0v) is 31.3. The summed E-state index contributed by atoms with van der Waals surface area (Å²) >= 11 is 0. The summed E-state index contributed by atoms with van der Waals surface area (Å²) in [6, 6.07) is 10.0. The van der Waals surface area contributed by atoms with Gasteiger partial charge in [-0.3, -0.25) is 14.7 Å². The molecule has 0 saturated carbocycles. The van der Waals surface area contributed by atoms with Crippen LogP contribution in [0, 0.1) is 29.6 Å². The first kappa shape index (κ1) is 39.0. The van der Waals surface area contributed by atoms with Crippen LogP contribution in [0.15, 0.2) is 36.7 Å². The molecule has 0 radical (unpaired) electrons. The number of hydrogen-bond donors (Lipinski definition) is 0. The molecule has 1 fully saturated rings. The van der Waals surface area contributed by atoms with Crippen LogP contribution in [-0.2, 0) is 30.6 Å². The van der Waals surface area contributed by atoms with Crippen molar-refractivity contribution < 1.29 is 4.79 Å². The van der Waals surface area contributed by atoms with Crippen LogP contribution in [0.3, 0.4) is 0 Å². The molecule has 0 spiro atoms. The number of likely N-dealkylation sites (tertiary alicyclic amines) is 1. The van der Waals surface area contributed by atoms with Gasteiger partial charge in [0.1, 0.15) is 0 Å². The van der Waals surface area contributed by atoms with Gasteiger partial charge < -0.3 is 4.90 Å². The molecule has 2 aliphatic heterocycles. The van der Waals surface area contributed by atoms with Crippen molar-refractivity contribution in [3.05, 3.63) is 64.5 Å². The predicted molar refractivity (Wildman–Crippen MR) is 195 cm³/mol. The molecule has 1 aromatic heterocycles. The molecule has 0 aliphatic carbocycles. The van der Waals surface area contributed by atoms with Gasteiger partial charge in [-0.05, 0) is 109 Å². The van der Waals surface area contributed by atoms with E-state index in [0.717, 1.165) is 44.3 Å². The summed E-state index contributed by atoms with van der Waals surface area (Å²) in [5.74, 6) is 4.50. The Bertz CT molecular complexity index is 1100. The Morgan fingerprint density at radius 3 is 1.80 bits per heavy atom. The van der Waals surface area contributed by atoms with Gasteiger partial charge >= 0.3 is 0 Å². The fraction of sp³-hybridized carbons (Fsp3) is 0.707. The van der Waals surface area contributed by atoms with E-state index in [0.29, 0.717) is 42.0 Å². The highest BCUT2D eigenvalue weighted by Gasteiger charge is 2.24. The van der Waals surface area contributed by atoms with Crippen molar-refractivity contribution in [2.24, 2.45) is 29.6 Å². The Labute approximate surface area is 278 Å². The predicted octanol–water partition coefficient (Wildman–Crippen LogP) is 9.98. The summed E-state index contributed by atoms with van der Waals surface area (Å²) in [5.41, 5.74) is 7.33. The minimum Gasteiger partial charge on any atom is -0.343 e. The first-order valence-corrected chi connectivity index (χ1v) is 18.2. The second-order valence-corrected chi connectivity index (χ2v) is 16.0. The van der Waals surface area contributed by atoms with Crippen LogP contribution in [0.2, 0.25) is 0 Å². The second-order valence-electron chi connectivity index (χ2n) is 16.0. The second kappa shape index (κ2) is 19.5. The van der Waals surface area contributed by atoms with E-state index in [1.54, 1.807) is 11.1 Å². The van der Waals surface area contributed by atoms with E-state index in [-0.39, 0.29) is 0 Å². The van der Waals surface area contributed by atoms with E-state index in [9.17, 15) is 4.79 Å². The van der Waals surface area contributed by atoms with Gasteiger partial charge in [-0.1, -0.05) is 93.5 Å². The highest BCUT2D eigenvalue weighted by atomic mass is 16.2. The Kier molecular flexibility index (Phi) is 16.9. The Hall–Kier alpha value is -2.20. The van der Waals surface area contributed by atoms with E-state index >= 15 is 0 Å². The van der Waals surface area contributed by atoms with Crippen LogP contribution in [0.25, 0.3) is 0 Å². The molecule has 4 heteroatoms. The molecule has 0 unspecified atom stereocenters. The lowest BCUT2D eigenvalue weighted by Gasteiger charge is -2.34. The normalized spacial score (nSPS) is 15.8. The summed E-state index contributed by atoms with van der Waals surface area (Å²) in [6.07, 6.45) is 10.6. The summed E-state index contributed by atoms with van der Waals surface area (Å²) in [5, 5.41) is 0. The SMILES string of the molecule is CC(C)CC(=O)N1CCC(C(C)C)CC1.CC(C)Cc1cncc(CC(C)C)c1.CC(C)c1ccc2c(c1)CN(C(C)C)CC2. The van der Waals surface area contributed by atoms with Gasteiger partial charge in [-0.15, -0.1) is 0 Å². The lowest BCUT2D eigenvalue weighted by molar-refractivity contribution is -0.133. The van der Waals surface area contributed by atoms with Crippen molar-refractivity contribution in [3.63, 3.8) is 0 Å². The minimum atomic E-state index is 0.354. The van der Waals surface area contributed by atoms with Crippen molar-refractivity contribution >= 4 is 5.91 Å². The molecule has 1 aromatic carbocycles. The number of pyridine rings is 1. The molecular weight excluding hydrogens is 550 g/mol. The van der Waals surface area contributed by atoms with E-state index in [1.807, 2.05) is 12.4 Å². The van der Waals surface area contributed by atoms with Gasteiger partial charge in [0.2, 0.25) is 5.91 Å². The van der Waals surface area contributed by atoms with Crippen LogP contribution in [0.1, 0.15) is 136 Å². The molecule has 2 aromatic rings. The van der Waals surface area contributed by atoms with E-state index in [2.05, 4.69) is 122 Å². The van der Waals surface area contributed by atoms with Gasteiger partial charge in [0.05, 0.1) is 0 Å². The third-order valence-electron chi connectivity index (χ3n) is 9.23. The number of nitrogens with zero attached hydrogens (tertiary/aromatic N) is 3. The number of piperidine rings is 1. The largest absolute Gasteiger partial charge is 0.343 e. The molecule has 45 heavy (non-hydrogen) atoms. The molecule has 1 saturated heterocycles. The number of carbonyl (C=O) groups is 1. The average Bonchev–Trinajstić information content (AvgIpc) is 2.96. The van der Waals surface area contributed by atoms with E-state index in [4.69, 9.17) is 0 Å². The maximum absolute atomic E-state index is 11.8. The smallest absolute Gasteiger partial charge is 0.222 e. The van der Waals surface area contributed by atoms with Crippen molar-refractivity contribution in [1.82, 2.24) is 14.8 Å². The Morgan fingerprint density at radius 2 is 1.33 bits per heavy atom. The van der Waals surface area contributed by atoms with Gasteiger partial charge in [0.15, 0.2) is 0 Å². The number of hydrogen-bond acceptors (Lipinski definition) is 3. The lowest BCUT2D eigenvalue weighted by Crippen LogP contribution is -2.39. The zero-order valence-electron chi connectivity index (χ0n) is 31.3. The molecule has 0 atom stereocenters. The average molecular weight is 620 g/mol. The standard InChI is InChI=1S/C15H23N.C13H25NO.C13H21N/c1-11(2)14-6-5-13-7-8-16(12(3)4)10-15(13)9-14;1-10(2)9-13(15)14-7-5-12(6-8-14)11(3)4;1-10(2)5-12-7-13(6-11(3)4)9-14-8-12/h5-6,9,11-12H,7-8,10H2,1-4H3;10-12H,5-9H2,1-4H3;7-11H,5-6H2,1-4H3. The number of carbonyl (C=O) groups excluding carboxylic acids is 1. The molecule has 1 amide bonds. The molecule has 4 nitrogen and oxygen atoms in total. The van der Waals surface area contributed by atoms with Crippen LogP contribution in [0.5, 0.6) is 0 Å². The first-order chi connectivity index (χ1) is 21.2. The van der Waals surface area contributed by atoms with Crippen molar-refractivity contribution in [3.8, 4) is 0 Å². The Balaban J connectivity index is 0.000000236. The number of benzene rings is 1. The topological polar surface area (TPSA) is 36.4 Å². The fourth-order valence-electron chi connectivity index (χ4n) is 6.40. The number of amides is 1. The van der Waals surface area contributed by atoms with Gasteiger partial charge in [0, 0.05) is 51.0 Å². The number of aromatic nitrogens is 1. The van der Waals surface area contributed by atoms with Crippen LogP contribution in [0.4, 0.5) is 0 Å². The van der Waals surface area contributed by atoms with Crippen molar-refractivity contribution in [2.75, 3.05) is 19.6 Å². The molecule has 3 heterocycles. The highest BCUT2D eigenvalue weighted by Crippen LogP contribution is 2.26. The molecule has 2 aliphatic rings. The Morgan fingerprint density at radius 1 is 0.756 bits per heavy atom. The summed E-state index contributed by atoms with van der Waals surface area (Å²) in [6.45, 7) is 31.2. The number of fused-ring (bicyclic) bond motifs is 1. The monoisotopic (exact) mass is 620 g/mol. The van der Waals surface area contributed by atoms with Crippen LogP contribution in [-0.4, -0.2) is 46.4 Å². The van der Waals surface area contributed by atoms with E-state index < -0.39 is 0 Å². The maximum Gasteiger partial charge on any atom is 0.222 e. The number of rotatable bonds is 9. The van der Waals surface area contributed by atoms with Crippen LogP contribution < -0.4 is 0 Å². The van der Waals surface area contributed by atoms with E-state index in [1.165, 1.54) is 42.5 Å². The molecule has 254 valence electrons. The lowest BCUT2D eigenvalue weighted by atomic mass is 9.86. The van der Waals surface area contributed by atoms with Gasteiger partial charge in [0.25, 0.3) is 0 Å². The molecular formula is C41H69N3O. The third kappa shape index (κ3) is 14.4. The molecule has 0 bridgehead atoms. The fourth-order valence-corrected chi connectivity index (χ4v) is 6.40. The zero-order chi connectivity index (χ0) is 33.7. The highest BCUT2D eigenvalue weighted by molar-refractivity contribution is 5.76. The van der Waals surface area contributed by atoms with Crippen molar-refractivity contribution in [1.29, 1.82) is 0 Å². The van der Waals surface area contributed by atoms with Crippen molar-refractivity contribution in [2.45, 2.75) is 140 Å².